The molecule has 3 fully saturated rings. The van der Waals surface area contributed by atoms with E-state index in [-0.39, 0.29) is 18.0 Å². The van der Waals surface area contributed by atoms with Gasteiger partial charge < -0.3 is 9.84 Å². The molecule has 0 radical (unpaired) electrons. The van der Waals surface area contributed by atoms with Crippen molar-refractivity contribution in [3.05, 3.63) is 36.2 Å². The van der Waals surface area contributed by atoms with Gasteiger partial charge >= 0.3 is 0 Å². The first-order valence-corrected chi connectivity index (χ1v) is 9.23. The summed E-state index contributed by atoms with van der Waals surface area (Å²) in [6, 6.07) is 9.13. The molecule has 2 bridgehead atoms. The molecule has 4 heterocycles. The van der Waals surface area contributed by atoms with Gasteiger partial charge in [-0.15, -0.1) is 0 Å². The van der Waals surface area contributed by atoms with Crippen LogP contribution in [0.25, 0.3) is 10.8 Å². The molecular weight excluding hydrogens is 358 g/mol. The second kappa shape index (κ2) is 4.96. The minimum atomic E-state index is -1.21. The van der Waals surface area contributed by atoms with Crippen molar-refractivity contribution in [1.82, 2.24) is 4.98 Å². The molecule has 7 nitrogen and oxygen atoms in total. The Morgan fingerprint density at radius 3 is 2.50 bits per heavy atom. The van der Waals surface area contributed by atoms with E-state index < -0.39 is 34.5 Å². The van der Waals surface area contributed by atoms with Crippen LogP contribution in [0.5, 0.6) is 0 Å². The lowest BCUT2D eigenvalue weighted by molar-refractivity contribution is -0.143. The molecule has 1 N–H and O–H groups in total. The summed E-state index contributed by atoms with van der Waals surface area (Å²) < 4.78 is 6.10. The number of hydrogen-bond acceptors (Lipinski definition) is 6. The third-order valence-electron chi connectivity index (χ3n) is 6.89. The van der Waals surface area contributed by atoms with Crippen molar-refractivity contribution < 1.29 is 19.4 Å². The van der Waals surface area contributed by atoms with Crippen LogP contribution in [0.4, 0.5) is 5.69 Å². The van der Waals surface area contributed by atoms with E-state index >= 15 is 0 Å². The lowest BCUT2D eigenvalue weighted by Crippen LogP contribution is -2.56. The average molecular weight is 377 g/mol. The largest absolute Gasteiger partial charge is 0.387 e. The van der Waals surface area contributed by atoms with Gasteiger partial charge in [0.25, 0.3) is 0 Å². The highest BCUT2D eigenvalue weighted by Crippen LogP contribution is 2.64. The quantitative estimate of drug-likeness (QED) is 0.762. The Bertz CT molecular complexity index is 1120. The number of benzene rings is 1. The van der Waals surface area contributed by atoms with Gasteiger partial charge in [0.1, 0.15) is 17.4 Å². The number of aliphatic hydroxyl groups is 1. The number of nitrogens with zero attached hydrogens (tertiary/aromatic N) is 3. The van der Waals surface area contributed by atoms with Gasteiger partial charge in [0, 0.05) is 17.2 Å². The molecular formula is C21H19N3O4. The van der Waals surface area contributed by atoms with Crippen molar-refractivity contribution in [2.24, 2.45) is 11.8 Å². The summed E-state index contributed by atoms with van der Waals surface area (Å²) in [7, 11) is 0. The summed E-state index contributed by atoms with van der Waals surface area (Å²) in [4.78, 5) is 32.2. The van der Waals surface area contributed by atoms with E-state index in [9.17, 15) is 20.0 Å². The number of hydrogen-bond donors (Lipinski definition) is 1. The van der Waals surface area contributed by atoms with Gasteiger partial charge in [-0.05, 0) is 20.8 Å². The van der Waals surface area contributed by atoms with Crippen LogP contribution in [0.2, 0.25) is 0 Å². The Morgan fingerprint density at radius 2 is 1.82 bits per heavy atom. The Kier molecular flexibility index (Phi) is 3.06. The van der Waals surface area contributed by atoms with E-state index in [0.717, 1.165) is 0 Å². The molecule has 2 aromatic rings. The Hall–Kier alpha value is -2.82. The average Bonchev–Trinajstić information content (AvgIpc) is 3.12. The van der Waals surface area contributed by atoms with Crippen molar-refractivity contribution >= 4 is 28.3 Å². The van der Waals surface area contributed by atoms with Crippen molar-refractivity contribution in [3.63, 3.8) is 0 Å². The number of fused-ring (bicyclic) bond motifs is 6. The van der Waals surface area contributed by atoms with Crippen molar-refractivity contribution in [2.75, 3.05) is 4.90 Å². The molecule has 0 spiro atoms. The minimum absolute atomic E-state index is 0.240. The van der Waals surface area contributed by atoms with Crippen molar-refractivity contribution in [1.29, 1.82) is 5.26 Å². The fraction of sp³-hybridized carbons (Fsp3) is 0.429. The highest BCUT2D eigenvalue weighted by molar-refractivity contribution is 6.26. The first kappa shape index (κ1) is 17.3. The molecule has 1 aromatic carbocycles. The molecule has 3 aliphatic heterocycles. The van der Waals surface area contributed by atoms with Crippen LogP contribution in [0.3, 0.4) is 0 Å². The van der Waals surface area contributed by atoms with Gasteiger partial charge in [-0.1, -0.05) is 24.3 Å². The van der Waals surface area contributed by atoms with E-state index in [4.69, 9.17) is 4.74 Å². The number of rotatable bonds is 1. The lowest BCUT2D eigenvalue weighted by Gasteiger charge is -2.40. The third-order valence-corrected chi connectivity index (χ3v) is 6.89. The van der Waals surface area contributed by atoms with Gasteiger partial charge in [-0.25, -0.2) is 9.88 Å². The van der Waals surface area contributed by atoms with E-state index in [2.05, 4.69) is 4.98 Å². The number of imide groups is 1. The highest BCUT2D eigenvalue weighted by atomic mass is 16.6. The molecule has 7 heteroatoms. The predicted octanol–water partition coefficient (Wildman–Crippen LogP) is 1.91. The van der Waals surface area contributed by atoms with Crippen LogP contribution in [0, 0.1) is 23.2 Å². The first-order valence-electron chi connectivity index (χ1n) is 9.23. The summed E-state index contributed by atoms with van der Waals surface area (Å²) >= 11 is 0. The second-order valence-corrected chi connectivity index (χ2v) is 8.59. The van der Waals surface area contributed by atoms with Crippen LogP contribution in [-0.2, 0) is 14.3 Å². The summed E-state index contributed by atoms with van der Waals surface area (Å²) in [5, 5.41) is 21.4. The number of carbonyl (C=O) groups excluding carboxylic acids is 2. The predicted molar refractivity (Wildman–Crippen MR) is 99.1 cm³/mol. The fourth-order valence-electron chi connectivity index (χ4n) is 5.58. The summed E-state index contributed by atoms with van der Waals surface area (Å²) in [5.41, 5.74) is -2.64. The number of ether oxygens (including phenoxy) is 1. The summed E-state index contributed by atoms with van der Waals surface area (Å²) in [6.07, 6.45) is 1.69. The molecule has 0 saturated carbocycles. The van der Waals surface area contributed by atoms with Crippen LogP contribution >= 0.6 is 0 Å². The molecule has 0 aliphatic carbocycles. The first-order chi connectivity index (χ1) is 13.1. The summed E-state index contributed by atoms with van der Waals surface area (Å²) in [6.45, 7) is 5.17. The zero-order chi connectivity index (χ0) is 20.1. The molecule has 5 atom stereocenters. The maximum Gasteiger partial charge on any atom is 0.240 e. The van der Waals surface area contributed by atoms with Gasteiger partial charge in [0.2, 0.25) is 11.8 Å². The third kappa shape index (κ3) is 1.77. The van der Waals surface area contributed by atoms with Crippen LogP contribution in [-0.4, -0.2) is 38.7 Å². The van der Waals surface area contributed by atoms with Gasteiger partial charge in [0.15, 0.2) is 0 Å². The Labute approximate surface area is 161 Å². The molecule has 3 aliphatic rings. The Balaban J connectivity index is 1.70. The van der Waals surface area contributed by atoms with E-state index in [1.54, 1.807) is 45.0 Å². The lowest BCUT2D eigenvalue weighted by atomic mass is 9.62. The highest BCUT2D eigenvalue weighted by Gasteiger charge is 2.79. The molecule has 2 unspecified atom stereocenters. The number of aromatic nitrogens is 1. The number of carbonyl (C=O) groups is 2. The molecule has 2 amide bonds. The van der Waals surface area contributed by atoms with E-state index in [1.165, 1.54) is 11.1 Å². The van der Waals surface area contributed by atoms with Crippen molar-refractivity contribution in [3.8, 4) is 6.07 Å². The number of anilines is 1. The van der Waals surface area contributed by atoms with E-state index in [1.807, 2.05) is 6.07 Å². The zero-order valence-corrected chi connectivity index (χ0v) is 15.8. The van der Waals surface area contributed by atoms with Gasteiger partial charge in [-0.3, -0.25) is 9.59 Å². The normalized spacial score (nSPS) is 38.9. The number of amides is 2. The van der Waals surface area contributed by atoms with Crippen LogP contribution in [0.15, 0.2) is 30.5 Å². The standard InChI is InChI=1S/C21H19N3O4/c1-19-10-20(2,27)21(3,28-19)16-15(19)17(25)24(18(16)26)14-9-23-13(8-22)11-6-4-5-7-12(11)14/h4-7,9,15-16,27H,10H2,1-3H3/t15-,16+,19?,20-,21?/m0/s1. The minimum Gasteiger partial charge on any atom is -0.387 e. The maximum absolute atomic E-state index is 13.4. The zero-order valence-electron chi connectivity index (χ0n) is 15.8. The molecule has 1 aromatic heterocycles. The smallest absolute Gasteiger partial charge is 0.240 e. The molecule has 3 saturated heterocycles. The monoisotopic (exact) mass is 377 g/mol. The van der Waals surface area contributed by atoms with Crippen molar-refractivity contribution in [2.45, 2.75) is 44.0 Å². The summed E-state index contributed by atoms with van der Waals surface area (Å²) in [5.74, 6) is -2.14. The topological polar surface area (TPSA) is 104 Å². The molecule has 142 valence electrons. The van der Waals surface area contributed by atoms with Crippen LogP contribution < -0.4 is 4.90 Å². The Morgan fingerprint density at radius 1 is 1.18 bits per heavy atom. The fourth-order valence-corrected chi connectivity index (χ4v) is 5.58. The number of nitriles is 1. The molecule has 5 rings (SSSR count). The van der Waals surface area contributed by atoms with Gasteiger partial charge in [0.05, 0.1) is 34.9 Å². The number of pyridine rings is 1. The SMILES string of the molecule is CC12C[C@](C)(O)C(C)(O1)[C@H]1C(=O)N(c3cnc(C#N)c4ccccc34)C(=O)[C@H]12. The van der Waals surface area contributed by atoms with Crippen LogP contribution in [0.1, 0.15) is 32.9 Å². The maximum atomic E-state index is 13.4. The molecule has 28 heavy (non-hydrogen) atoms. The van der Waals surface area contributed by atoms with Gasteiger partial charge in [-0.2, -0.15) is 5.26 Å². The van der Waals surface area contributed by atoms with E-state index in [0.29, 0.717) is 16.5 Å². The second-order valence-electron chi connectivity index (χ2n) is 8.59.